The van der Waals surface area contributed by atoms with E-state index in [1.165, 1.54) is 14.2 Å². The zero-order valence-electron chi connectivity index (χ0n) is 8.11. The molecule has 1 unspecified atom stereocenters. The molecular formula is C8H13NO5. The number of Topliss-reactive ketones (excluding diaryl/α,β-unsaturated/α-hetero) is 1. The van der Waals surface area contributed by atoms with Crippen molar-refractivity contribution in [1.82, 2.24) is 0 Å². The molecule has 6 nitrogen and oxygen atoms in total. The maximum atomic E-state index is 11.2. The molecule has 1 aliphatic carbocycles. The van der Waals surface area contributed by atoms with Crippen molar-refractivity contribution in [2.75, 3.05) is 14.2 Å². The molecule has 0 amide bonds. The van der Waals surface area contributed by atoms with Crippen molar-refractivity contribution in [3.05, 3.63) is 5.21 Å². The van der Waals surface area contributed by atoms with Crippen LogP contribution in [0.1, 0.15) is 12.8 Å². The first kappa shape index (κ1) is 11.1. The van der Waals surface area contributed by atoms with Crippen LogP contribution in [-0.4, -0.2) is 32.0 Å². The van der Waals surface area contributed by atoms with E-state index >= 15 is 0 Å². The van der Waals surface area contributed by atoms with Gasteiger partial charge in [0.25, 0.3) is 0 Å². The van der Waals surface area contributed by atoms with Crippen molar-refractivity contribution in [2.45, 2.75) is 18.9 Å². The lowest BCUT2D eigenvalue weighted by atomic mass is 10.1. The second-order valence-corrected chi connectivity index (χ2v) is 3.21. The Hall–Kier alpha value is -0.980. The summed E-state index contributed by atoms with van der Waals surface area (Å²) >= 11 is 0. The van der Waals surface area contributed by atoms with Gasteiger partial charge in [-0.05, 0) is 0 Å². The first-order chi connectivity index (χ1) is 6.60. The number of hydroxylamine groups is 2. The van der Waals surface area contributed by atoms with E-state index in [-0.39, 0.29) is 18.6 Å². The number of rotatable bonds is 3. The third-order valence-corrected chi connectivity index (χ3v) is 2.39. The zero-order chi connectivity index (χ0) is 10.7. The van der Waals surface area contributed by atoms with Crippen LogP contribution in [0.4, 0.5) is 0 Å². The minimum atomic E-state index is -0.667. The minimum Gasteiger partial charge on any atom is -0.600 e. The monoisotopic (exact) mass is 203 g/mol. The average molecular weight is 203 g/mol. The van der Waals surface area contributed by atoms with Gasteiger partial charge in [0.1, 0.15) is 17.7 Å². The van der Waals surface area contributed by atoms with E-state index in [4.69, 9.17) is 0 Å². The lowest BCUT2D eigenvalue weighted by molar-refractivity contribution is -1.07. The SMILES string of the molecule is COC(=O)[C@@H]1CC(=O)C[C@H]1[NH+]([O-])OC. The van der Waals surface area contributed by atoms with Gasteiger partial charge in [0.2, 0.25) is 0 Å². The van der Waals surface area contributed by atoms with E-state index in [0.717, 1.165) is 0 Å². The van der Waals surface area contributed by atoms with E-state index in [9.17, 15) is 14.8 Å². The Morgan fingerprint density at radius 3 is 2.64 bits per heavy atom. The fourth-order valence-corrected chi connectivity index (χ4v) is 1.66. The van der Waals surface area contributed by atoms with Crippen molar-refractivity contribution in [1.29, 1.82) is 0 Å². The molecule has 0 aliphatic heterocycles. The first-order valence-electron chi connectivity index (χ1n) is 4.27. The molecule has 0 saturated heterocycles. The highest BCUT2D eigenvalue weighted by Crippen LogP contribution is 2.21. The third-order valence-electron chi connectivity index (χ3n) is 2.39. The second-order valence-electron chi connectivity index (χ2n) is 3.21. The van der Waals surface area contributed by atoms with Gasteiger partial charge >= 0.3 is 5.97 Å². The van der Waals surface area contributed by atoms with Crippen molar-refractivity contribution >= 4 is 11.8 Å². The number of hydrogen-bond donors (Lipinski definition) is 1. The molecule has 0 aromatic rings. The molecule has 1 N–H and O–H groups in total. The zero-order valence-corrected chi connectivity index (χ0v) is 8.11. The third kappa shape index (κ3) is 2.09. The second kappa shape index (κ2) is 4.50. The van der Waals surface area contributed by atoms with Crippen LogP contribution >= 0.6 is 0 Å². The predicted molar refractivity (Wildman–Crippen MR) is 44.9 cm³/mol. The Bertz CT molecular complexity index is 242. The topological polar surface area (TPSA) is 80.1 Å². The summed E-state index contributed by atoms with van der Waals surface area (Å²) in [4.78, 5) is 26.8. The number of carbonyl (C=O) groups excluding carboxylic acids is 2. The normalized spacial score (nSPS) is 28.9. The van der Waals surface area contributed by atoms with Crippen LogP contribution in [0.2, 0.25) is 0 Å². The molecule has 0 bridgehead atoms. The summed E-state index contributed by atoms with van der Waals surface area (Å²) in [6.07, 6.45) is 0.152. The number of quaternary nitrogens is 1. The molecule has 0 heterocycles. The highest BCUT2D eigenvalue weighted by Gasteiger charge is 2.43. The van der Waals surface area contributed by atoms with Gasteiger partial charge in [0.15, 0.2) is 0 Å². The van der Waals surface area contributed by atoms with Gasteiger partial charge in [0.05, 0.1) is 20.6 Å². The minimum absolute atomic E-state index is 0.0758. The van der Waals surface area contributed by atoms with E-state index in [0.29, 0.717) is 0 Å². The first-order valence-corrected chi connectivity index (χ1v) is 4.27. The highest BCUT2D eigenvalue weighted by molar-refractivity contribution is 5.88. The maximum absolute atomic E-state index is 11.2. The van der Waals surface area contributed by atoms with Crippen LogP contribution in [0.25, 0.3) is 0 Å². The Morgan fingerprint density at radius 1 is 1.50 bits per heavy atom. The summed E-state index contributed by atoms with van der Waals surface area (Å²) in [7, 11) is 2.47. The molecule has 0 spiro atoms. The quantitative estimate of drug-likeness (QED) is 0.443. The van der Waals surface area contributed by atoms with E-state index in [1.54, 1.807) is 0 Å². The van der Waals surface area contributed by atoms with Crippen LogP contribution < -0.4 is 5.23 Å². The van der Waals surface area contributed by atoms with Crippen LogP contribution in [0, 0.1) is 11.1 Å². The fourth-order valence-electron chi connectivity index (χ4n) is 1.66. The van der Waals surface area contributed by atoms with E-state index in [1.807, 2.05) is 0 Å². The molecule has 6 heteroatoms. The number of esters is 1. The Morgan fingerprint density at radius 2 is 2.14 bits per heavy atom. The van der Waals surface area contributed by atoms with Gasteiger partial charge in [-0.1, -0.05) is 0 Å². The predicted octanol–water partition coefficient (Wildman–Crippen LogP) is -1.55. The van der Waals surface area contributed by atoms with Gasteiger partial charge in [-0.3, -0.25) is 9.59 Å². The Labute approximate surface area is 81.3 Å². The summed E-state index contributed by atoms with van der Waals surface area (Å²) in [6.45, 7) is 0. The molecular weight excluding hydrogens is 190 g/mol. The maximum Gasteiger partial charge on any atom is 0.315 e. The number of ether oxygens (including phenoxy) is 1. The molecule has 0 radical (unpaired) electrons. The lowest BCUT2D eigenvalue weighted by Gasteiger charge is -2.26. The van der Waals surface area contributed by atoms with Crippen LogP contribution in [0.15, 0.2) is 0 Å². The van der Waals surface area contributed by atoms with E-state index < -0.39 is 23.2 Å². The summed E-state index contributed by atoms with van der Waals surface area (Å²) in [6, 6.07) is -0.667. The molecule has 0 aromatic carbocycles. The Kier molecular flexibility index (Phi) is 3.56. The molecule has 1 saturated carbocycles. The largest absolute Gasteiger partial charge is 0.600 e. The standard InChI is InChI=1S/C8H13NO5/c1-13-8(11)6-3-5(10)4-7(6)9(12)14-2/h6-7,9H,3-4H2,1-2H3/t6-,7-/m1/s1. The average Bonchev–Trinajstić information content (AvgIpc) is 2.58. The fraction of sp³-hybridized carbons (Fsp3) is 0.750. The van der Waals surface area contributed by atoms with Gasteiger partial charge in [-0.15, -0.1) is 0 Å². The Balaban J connectivity index is 2.72. The number of ketones is 1. The van der Waals surface area contributed by atoms with Crippen LogP contribution in [0.3, 0.4) is 0 Å². The van der Waals surface area contributed by atoms with Gasteiger partial charge in [0, 0.05) is 6.42 Å². The van der Waals surface area contributed by atoms with Crippen molar-refractivity contribution in [2.24, 2.45) is 5.92 Å². The number of hydrogen-bond acceptors (Lipinski definition) is 5. The highest BCUT2D eigenvalue weighted by atomic mass is 16.9. The van der Waals surface area contributed by atoms with Gasteiger partial charge in [-0.25, -0.2) is 10.1 Å². The van der Waals surface area contributed by atoms with Gasteiger partial charge in [-0.2, -0.15) is 0 Å². The van der Waals surface area contributed by atoms with Crippen molar-refractivity contribution in [3.63, 3.8) is 0 Å². The van der Waals surface area contributed by atoms with Gasteiger partial charge < -0.3 is 9.94 Å². The molecule has 0 aromatic heterocycles. The summed E-state index contributed by atoms with van der Waals surface area (Å²) in [5.41, 5.74) is 0. The number of carbonyl (C=O) groups is 2. The van der Waals surface area contributed by atoms with E-state index in [2.05, 4.69) is 9.57 Å². The van der Waals surface area contributed by atoms with Crippen LogP contribution in [-0.2, 0) is 19.2 Å². The number of methoxy groups -OCH3 is 1. The van der Waals surface area contributed by atoms with Crippen LogP contribution in [0.5, 0.6) is 0 Å². The molecule has 14 heavy (non-hydrogen) atoms. The smallest absolute Gasteiger partial charge is 0.315 e. The molecule has 3 atom stereocenters. The molecule has 1 aliphatic rings. The summed E-state index contributed by atoms with van der Waals surface area (Å²) < 4.78 is 4.51. The lowest BCUT2D eigenvalue weighted by Crippen LogP contribution is -3.10. The molecule has 1 rings (SSSR count). The molecule has 1 fully saturated rings. The molecule has 80 valence electrons. The summed E-state index contributed by atoms with van der Waals surface area (Å²) in [5.74, 6) is -1.29. The van der Waals surface area contributed by atoms with Crippen molar-refractivity contribution in [3.8, 4) is 0 Å². The summed E-state index contributed by atoms with van der Waals surface area (Å²) in [5, 5.41) is 10.7. The number of nitrogens with one attached hydrogen (secondary N) is 1. The van der Waals surface area contributed by atoms with Crippen molar-refractivity contribution < 1.29 is 24.4 Å².